The zero-order chi connectivity index (χ0) is 20.4. The number of hydrogen-bond donors (Lipinski definition) is 1. The van der Waals surface area contributed by atoms with E-state index in [1.54, 1.807) is 0 Å². The number of nitrogens with zero attached hydrogens (tertiary/aromatic N) is 1. The van der Waals surface area contributed by atoms with Crippen LogP contribution in [-0.4, -0.2) is 12.6 Å². The number of anilines is 2. The molecule has 0 aliphatic carbocycles. The van der Waals surface area contributed by atoms with E-state index in [1.165, 1.54) is 12.1 Å². The standard InChI is InChI=1S/C16H10BrF5N2O.C2H6/c17-10-2-4-13-9(14(10)19)5-6-24(13)15(25)23-12-7-8(16(20,21)22)1-3-11(12)18;1-2/h1-4,7H,5-6H2,(H,23,25);1-2H3. The Morgan fingerprint density at radius 2 is 1.81 bits per heavy atom. The van der Waals surface area contributed by atoms with Gasteiger partial charge in [0.15, 0.2) is 0 Å². The van der Waals surface area contributed by atoms with Crippen LogP contribution in [0.3, 0.4) is 0 Å². The molecule has 27 heavy (non-hydrogen) atoms. The van der Waals surface area contributed by atoms with E-state index >= 15 is 0 Å². The summed E-state index contributed by atoms with van der Waals surface area (Å²) in [6.45, 7) is 4.13. The van der Waals surface area contributed by atoms with Crippen molar-refractivity contribution in [3.63, 3.8) is 0 Å². The molecule has 0 saturated heterocycles. The van der Waals surface area contributed by atoms with E-state index < -0.39 is 35.1 Å². The lowest BCUT2D eigenvalue weighted by Gasteiger charge is -2.19. The molecule has 1 heterocycles. The number of hydrogen-bond acceptors (Lipinski definition) is 1. The molecule has 0 fully saturated rings. The average Bonchev–Trinajstić information content (AvgIpc) is 3.05. The maximum absolute atomic E-state index is 14.0. The molecule has 1 N–H and O–H groups in total. The fourth-order valence-corrected chi connectivity index (χ4v) is 2.98. The second-order valence-electron chi connectivity index (χ2n) is 5.38. The fraction of sp³-hybridized carbons (Fsp3) is 0.278. The highest BCUT2D eigenvalue weighted by Crippen LogP contribution is 2.35. The summed E-state index contributed by atoms with van der Waals surface area (Å²) in [7, 11) is 0. The zero-order valence-corrected chi connectivity index (χ0v) is 16.0. The number of fused-ring (bicyclic) bond motifs is 1. The number of alkyl halides is 3. The average molecular weight is 451 g/mol. The summed E-state index contributed by atoms with van der Waals surface area (Å²) in [5.41, 5.74) is -1.06. The molecule has 2 amide bonds. The maximum atomic E-state index is 14.0. The minimum atomic E-state index is -4.66. The molecule has 2 aromatic rings. The third kappa shape index (κ3) is 4.40. The highest BCUT2D eigenvalue weighted by atomic mass is 79.9. The second kappa shape index (κ2) is 8.24. The van der Waals surface area contributed by atoms with Crippen molar-refractivity contribution >= 4 is 33.3 Å². The predicted octanol–water partition coefficient (Wildman–Crippen LogP) is 6.37. The number of benzene rings is 2. The van der Waals surface area contributed by atoms with Gasteiger partial charge in [-0.2, -0.15) is 13.2 Å². The third-order valence-corrected chi connectivity index (χ3v) is 4.44. The lowest BCUT2D eigenvalue weighted by molar-refractivity contribution is -0.137. The molecule has 146 valence electrons. The largest absolute Gasteiger partial charge is 0.416 e. The van der Waals surface area contributed by atoms with Crippen molar-refractivity contribution in [3.8, 4) is 0 Å². The maximum Gasteiger partial charge on any atom is 0.416 e. The first kappa shape index (κ1) is 21.1. The van der Waals surface area contributed by atoms with Gasteiger partial charge in [-0.15, -0.1) is 0 Å². The SMILES string of the molecule is CC.O=C(Nc1cc(C(F)(F)F)ccc1F)N1CCc2c1ccc(Br)c2F. The van der Waals surface area contributed by atoms with Gasteiger partial charge in [0.1, 0.15) is 11.6 Å². The van der Waals surface area contributed by atoms with Gasteiger partial charge >= 0.3 is 12.2 Å². The van der Waals surface area contributed by atoms with Crippen LogP contribution in [0.5, 0.6) is 0 Å². The number of urea groups is 1. The Kier molecular flexibility index (Phi) is 6.46. The van der Waals surface area contributed by atoms with Gasteiger partial charge < -0.3 is 5.32 Å². The van der Waals surface area contributed by atoms with Crippen LogP contribution in [0.2, 0.25) is 0 Å². The van der Waals surface area contributed by atoms with Crippen LogP contribution in [0.15, 0.2) is 34.8 Å². The number of halogens is 6. The van der Waals surface area contributed by atoms with Crippen molar-refractivity contribution in [2.75, 3.05) is 16.8 Å². The second-order valence-corrected chi connectivity index (χ2v) is 6.24. The van der Waals surface area contributed by atoms with Gasteiger partial charge in [0.25, 0.3) is 0 Å². The molecular formula is C18H16BrF5N2O. The molecule has 0 aromatic heterocycles. The third-order valence-electron chi connectivity index (χ3n) is 3.83. The molecule has 1 aliphatic heterocycles. The molecule has 0 spiro atoms. The van der Waals surface area contributed by atoms with Crippen molar-refractivity contribution in [1.29, 1.82) is 0 Å². The van der Waals surface area contributed by atoms with Crippen molar-refractivity contribution in [2.24, 2.45) is 0 Å². The summed E-state index contributed by atoms with van der Waals surface area (Å²) in [6, 6.07) is 3.84. The Balaban J connectivity index is 0.00000126. The van der Waals surface area contributed by atoms with Crippen LogP contribution in [0.1, 0.15) is 25.0 Å². The zero-order valence-electron chi connectivity index (χ0n) is 14.4. The van der Waals surface area contributed by atoms with E-state index in [0.717, 1.165) is 4.90 Å². The first-order chi connectivity index (χ1) is 12.7. The molecule has 3 nitrogen and oxygen atoms in total. The van der Waals surface area contributed by atoms with Gasteiger partial charge in [0.2, 0.25) is 0 Å². The van der Waals surface area contributed by atoms with Gasteiger partial charge in [-0.3, -0.25) is 4.90 Å². The van der Waals surface area contributed by atoms with E-state index in [4.69, 9.17) is 0 Å². The smallest absolute Gasteiger partial charge is 0.305 e. The molecule has 0 unspecified atom stereocenters. The normalized spacial score (nSPS) is 13.0. The summed E-state index contributed by atoms with van der Waals surface area (Å²) in [5.74, 6) is -1.50. The first-order valence-corrected chi connectivity index (χ1v) is 8.90. The van der Waals surface area contributed by atoms with E-state index in [2.05, 4.69) is 21.2 Å². The van der Waals surface area contributed by atoms with Gasteiger partial charge in [-0.05, 0) is 52.7 Å². The number of carbonyl (C=O) groups is 1. The van der Waals surface area contributed by atoms with Crippen LogP contribution in [0, 0.1) is 11.6 Å². The van der Waals surface area contributed by atoms with Crippen LogP contribution in [0.25, 0.3) is 0 Å². The van der Waals surface area contributed by atoms with Crippen LogP contribution >= 0.6 is 15.9 Å². The minimum Gasteiger partial charge on any atom is -0.305 e. The number of amides is 2. The molecule has 0 bridgehead atoms. The van der Waals surface area contributed by atoms with E-state index in [0.29, 0.717) is 29.4 Å². The topological polar surface area (TPSA) is 32.3 Å². The summed E-state index contributed by atoms with van der Waals surface area (Å²) < 4.78 is 66.2. The van der Waals surface area contributed by atoms with Crippen molar-refractivity contribution < 1.29 is 26.7 Å². The fourth-order valence-electron chi connectivity index (χ4n) is 2.61. The Morgan fingerprint density at radius 1 is 1.15 bits per heavy atom. The highest BCUT2D eigenvalue weighted by Gasteiger charge is 2.32. The van der Waals surface area contributed by atoms with E-state index in [9.17, 15) is 26.7 Å². The first-order valence-electron chi connectivity index (χ1n) is 8.10. The Hall–Kier alpha value is -2.16. The van der Waals surface area contributed by atoms with Gasteiger partial charge in [0.05, 0.1) is 21.4 Å². The minimum absolute atomic E-state index is 0.134. The molecule has 3 rings (SSSR count). The van der Waals surface area contributed by atoms with Crippen LogP contribution < -0.4 is 10.2 Å². The van der Waals surface area contributed by atoms with Crippen molar-refractivity contribution in [2.45, 2.75) is 26.4 Å². The summed E-state index contributed by atoms with van der Waals surface area (Å²) in [5, 5.41) is 2.12. The quantitative estimate of drug-likeness (QED) is 0.503. The summed E-state index contributed by atoms with van der Waals surface area (Å²) >= 11 is 3.05. The van der Waals surface area contributed by atoms with E-state index in [-0.39, 0.29) is 17.4 Å². The van der Waals surface area contributed by atoms with Crippen molar-refractivity contribution in [1.82, 2.24) is 0 Å². The molecular weight excluding hydrogens is 435 g/mol. The lowest BCUT2D eigenvalue weighted by Crippen LogP contribution is -2.33. The monoisotopic (exact) mass is 450 g/mol. The Morgan fingerprint density at radius 3 is 2.44 bits per heavy atom. The summed E-state index contributed by atoms with van der Waals surface area (Å²) in [6.07, 6.45) is -4.41. The van der Waals surface area contributed by atoms with Gasteiger partial charge in [0, 0.05) is 12.1 Å². The Labute approximate surface area is 161 Å². The molecule has 2 aromatic carbocycles. The lowest BCUT2D eigenvalue weighted by atomic mass is 10.1. The molecule has 9 heteroatoms. The molecule has 0 atom stereocenters. The predicted molar refractivity (Wildman–Crippen MR) is 96.9 cm³/mol. The molecule has 0 saturated carbocycles. The van der Waals surface area contributed by atoms with E-state index in [1.807, 2.05) is 13.8 Å². The molecule has 1 aliphatic rings. The Bertz CT molecular complexity index is 854. The van der Waals surface area contributed by atoms with Gasteiger partial charge in [-0.1, -0.05) is 13.8 Å². The number of rotatable bonds is 1. The van der Waals surface area contributed by atoms with Crippen LogP contribution in [-0.2, 0) is 12.6 Å². The van der Waals surface area contributed by atoms with Crippen molar-refractivity contribution in [3.05, 3.63) is 57.6 Å². The number of nitrogens with one attached hydrogen (secondary N) is 1. The van der Waals surface area contributed by atoms with Crippen LogP contribution in [0.4, 0.5) is 38.1 Å². The molecule has 0 radical (unpaired) electrons. The summed E-state index contributed by atoms with van der Waals surface area (Å²) in [4.78, 5) is 13.5. The highest BCUT2D eigenvalue weighted by molar-refractivity contribution is 9.10. The number of carbonyl (C=O) groups excluding carboxylic acids is 1. The van der Waals surface area contributed by atoms with Gasteiger partial charge in [-0.25, -0.2) is 13.6 Å².